The highest BCUT2D eigenvalue weighted by Crippen LogP contribution is 2.11. The van der Waals surface area contributed by atoms with Crippen LogP contribution in [0.4, 0.5) is 0 Å². The highest BCUT2D eigenvalue weighted by molar-refractivity contribution is 4.48. The Balaban J connectivity index is 2.95. The molecule has 158 valence electrons. The van der Waals surface area contributed by atoms with Crippen molar-refractivity contribution in [1.82, 2.24) is 0 Å². The number of rotatable bonds is 23. The summed E-state index contributed by atoms with van der Waals surface area (Å²) in [6.07, 6.45) is 15.0. The Labute approximate surface area is 161 Å². The number of hydrogen-bond acceptors (Lipinski definition) is 5. The van der Waals surface area contributed by atoms with Crippen LogP contribution in [-0.4, -0.2) is 64.6 Å². The minimum atomic E-state index is 0.0578. The monoisotopic (exact) mass is 376 g/mol. The number of aliphatic hydroxyl groups excluding tert-OH is 1. The molecule has 0 rings (SSSR count). The maximum Gasteiger partial charge on any atom is 0.0701 e. The summed E-state index contributed by atoms with van der Waals surface area (Å²) in [6, 6.07) is 0. The number of aliphatic hydroxyl groups is 1. The number of ether oxygens (including phenoxy) is 4. The summed E-state index contributed by atoms with van der Waals surface area (Å²) in [5.41, 5.74) is 0. The molecule has 0 aromatic carbocycles. The molecule has 0 aliphatic carbocycles. The van der Waals surface area contributed by atoms with Gasteiger partial charge < -0.3 is 24.1 Å². The summed E-state index contributed by atoms with van der Waals surface area (Å²) in [5, 5.41) is 8.53. The van der Waals surface area contributed by atoms with Crippen LogP contribution >= 0.6 is 0 Å². The van der Waals surface area contributed by atoms with Gasteiger partial charge in [0.15, 0.2) is 0 Å². The summed E-state index contributed by atoms with van der Waals surface area (Å²) >= 11 is 0. The van der Waals surface area contributed by atoms with E-state index >= 15 is 0 Å². The molecule has 0 heterocycles. The first-order valence-corrected chi connectivity index (χ1v) is 10.8. The van der Waals surface area contributed by atoms with Crippen molar-refractivity contribution in [2.75, 3.05) is 59.5 Å². The molecule has 0 saturated carbocycles. The lowest BCUT2D eigenvalue weighted by molar-refractivity contribution is -0.00577. The predicted octanol–water partition coefficient (Wildman–Crippen LogP) is 4.36. The molecule has 0 spiro atoms. The van der Waals surface area contributed by atoms with Crippen LogP contribution in [-0.2, 0) is 18.9 Å². The first-order chi connectivity index (χ1) is 12.9. The van der Waals surface area contributed by atoms with Crippen LogP contribution in [0.1, 0.15) is 77.6 Å². The second kappa shape index (κ2) is 24.8. The molecule has 26 heavy (non-hydrogen) atoms. The summed E-state index contributed by atoms with van der Waals surface area (Å²) in [6.45, 7) is 7.05. The van der Waals surface area contributed by atoms with Crippen LogP contribution in [0.15, 0.2) is 0 Å². The van der Waals surface area contributed by atoms with E-state index in [1.54, 1.807) is 0 Å². The minimum absolute atomic E-state index is 0.0578. The van der Waals surface area contributed by atoms with Crippen molar-refractivity contribution in [1.29, 1.82) is 0 Å². The number of unbranched alkanes of at least 4 members (excludes halogenated alkanes) is 10. The van der Waals surface area contributed by atoms with E-state index in [4.69, 9.17) is 24.1 Å². The van der Waals surface area contributed by atoms with Gasteiger partial charge in [-0.2, -0.15) is 0 Å². The lowest BCUT2D eigenvalue weighted by Gasteiger charge is -2.07. The second-order valence-corrected chi connectivity index (χ2v) is 6.71. The molecule has 0 fully saturated rings. The minimum Gasteiger partial charge on any atom is -0.394 e. The molecule has 0 saturated heterocycles. The Morgan fingerprint density at radius 2 is 0.769 bits per heavy atom. The lowest BCUT2D eigenvalue weighted by Crippen LogP contribution is -2.12. The summed E-state index contributed by atoms with van der Waals surface area (Å²) in [7, 11) is 0. The highest BCUT2D eigenvalue weighted by Gasteiger charge is 1.95. The van der Waals surface area contributed by atoms with Crippen LogP contribution in [0.5, 0.6) is 0 Å². The van der Waals surface area contributed by atoms with E-state index in [1.165, 1.54) is 64.2 Å². The molecule has 0 aromatic rings. The van der Waals surface area contributed by atoms with Crippen LogP contribution in [0, 0.1) is 0 Å². The zero-order valence-corrected chi connectivity index (χ0v) is 17.2. The normalized spacial score (nSPS) is 11.3. The highest BCUT2D eigenvalue weighted by atomic mass is 16.6. The van der Waals surface area contributed by atoms with Gasteiger partial charge in [0.25, 0.3) is 0 Å². The molecule has 0 aromatic heterocycles. The lowest BCUT2D eigenvalue weighted by atomic mass is 10.1. The van der Waals surface area contributed by atoms with Gasteiger partial charge in [0.1, 0.15) is 0 Å². The topological polar surface area (TPSA) is 57.2 Å². The fourth-order valence-corrected chi connectivity index (χ4v) is 2.69. The predicted molar refractivity (Wildman–Crippen MR) is 107 cm³/mol. The van der Waals surface area contributed by atoms with E-state index < -0.39 is 0 Å². The molecule has 0 amide bonds. The molecule has 0 atom stereocenters. The van der Waals surface area contributed by atoms with Crippen molar-refractivity contribution < 1.29 is 24.1 Å². The smallest absolute Gasteiger partial charge is 0.0701 e. The molecule has 5 heteroatoms. The average molecular weight is 377 g/mol. The van der Waals surface area contributed by atoms with Crippen molar-refractivity contribution in [3.8, 4) is 0 Å². The van der Waals surface area contributed by atoms with E-state index in [1.807, 2.05) is 0 Å². The molecule has 0 aliphatic rings. The standard InChI is InChI=1S/C21H44O5/c1-2-3-4-5-6-7-8-9-10-11-12-14-23-16-18-25-20-21-26-19-17-24-15-13-22/h22H,2-21H2,1H3. The van der Waals surface area contributed by atoms with Gasteiger partial charge in [0, 0.05) is 6.61 Å². The quantitative estimate of drug-likeness (QED) is 0.269. The van der Waals surface area contributed by atoms with Crippen LogP contribution in [0.25, 0.3) is 0 Å². The van der Waals surface area contributed by atoms with Crippen LogP contribution in [0.3, 0.4) is 0 Å². The third kappa shape index (κ3) is 23.8. The molecular weight excluding hydrogens is 332 g/mol. The largest absolute Gasteiger partial charge is 0.394 e. The molecular formula is C21H44O5. The zero-order valence-electron chi connectivity index (χ0n) is 17.2. The zero-order chi connectivity index (χ0) is 19.0. The van der Waals surface area contributed by atoms with Gasteiger partial charge in [-0.3, -0.25) is 0 Å². The molecule has 0 aliphatic heterocycles. The van der Waals surface area contributed by atoms with Crippen molar-refractivity contribution in [2.24, 2.45) is 0 Å². The molecule has 0 unspecified atom stereocenters. The van der Waals surface area contributed by atoms with Crippen LogP contribution in [0.2, 0.25) is 0 Å². The third-order valence-corrected chi connectivity index (χ3v) is 4.24. The van der Waals surface area contributed by atoms with Gasteiger partial charge in [-0.05, 0) is 6.42 Å². The fraction of sp³-hybridized carbons (Fsp3) is 1.00. The van der Waals surface area contributed by atoms with E-state index in [2.05, 4.69) is 6.92 Å². The molecule has 0 bridgehead atoms. The van der Waals surface area contributed by atoms with Gasteiger partial charge in [0.2, 0.25) is 0 Å². The Bertz CT molecular complexity index is 214. The fourth-order valence-electron chi connectivity index (χ4n) is 2.69. The van der Waals surface area contributed by atoms with Gasteiger partial charge in [0.05, 0.1) is 52.9 Å². The van der Waals surface area contributed by atoms with E-state index in [9.17, 15) is 0 Å². The summed E-state index contributed by atoms with van der Waals surface area (Å²) < 4.78 is 21.4. The number of hydrogen-bond donors (Lipinski definition) is 1. The van der Waals surface area contributed by atoms with Gasteiger partial charge in [-0.1, -0.05) is 71.1 Å². The molecule has 5 nitrogen and oxygen atoms in total. The maximum absolute atomic E-state index is 8.53. The van der Waals surface area contributed by atoms with Crippen molar-refractivity contribution in [2.45, 2.75) is 77.6 Å². The van der Waals surface area contributed by atoms with Crippen molar-refractivity contribution in [3.05, 3.63) is 0 Å². The van der Waals surface area contributed by atoms with E-state index in [-0.39, 0.29) is 6.61 Å². The Hall–Kier alpha value is -0.200. The van der Waals surface area contributed by atoms with Gasteiger partial charge in [-0.25, -0.2) is 0 Å². The SMILES string of the molecule is CCCCCCCCCCCCCOCCOCCOCCOCCO. The van der Waals surface area contributed by atoms with Crippen molar-refractivity contribution in [3.63, 3.8) is 0 Å². The first-order valence-electron chi connectivity index (χ1n) is 10.8. The van der Waals surface area contributed by atoms with Crippen molar-refractivity contribution >= 4 is 0 Å². The van der Waals surface area contributed by atoms with Crippen LogP contribution < -0.4 is 0 Å². The second-order valence-electron chi connectivity index (χ2n) is 6.71. The first kappa shape index (κ1) is 25.8. The Morgan fingerprint density at radius 1 is 0.423 bits per heavy atom. The van der Waals surface area contributed by atoms with Gasteiger partial charge >= 0.3 is 0 Å². The third-order valence-electron chi connectivity index (χ3n) is 4.24. The Morgan fingerprint density at radius 3 is 1.19 bits per heavy atom. The van der Waals surface area contributed by atoms with E-state index in [0.29, 0.717) is 46.2 Å². The Kier molecular flexibility index (Phi) is 24.6. The summed E-state index contributed by atoms with van der Waals surface area (Å²) in [4.78, 5) is 0. The maximum atomic E-state index is 8.53. The average Bonchev–Trinajstić information content (AvgIpc) is 2.66. The van der Waals surface area contributed by atoms with E-state index in [0.717, 1.165) is 13.0 Å². The molecule has 1 N–H and O–H groups in total. The summed E-state index contributed by atoms with van der Waals surface area (Å²) in [5.74, 6) is 0. The molecule has 0 radical (unpaired) electrons. The van der Waals surface area contributed by atoms with Gasteiger partial charge in [-0.15, -0.1) is 0 Å².